The van der Waals surface area contributed by atoms with Crippen LogP contribution in [0.3, 0.4) is 0 Å². The maximum absolute atomic E-state index is 13.2. The molecule has 3 atom stereocenters. The molecule has 14 nitrogen and oxygen atoms in total. The highest BCUT2D eigenvalue weighted by Gasteiger charge is 2.46. The Balaban J connectivity index is 1.16. The minimum atomic E-state index is -3.76. The molecule has 1 amide bonds. The Hall–Kier alpha value is -5.05. The fraction of sp³-hybridized carbons (Fsp3) is 0.310. The molecule has 15 heteroatoms. The summed E-state index contributed by atoms with van der Waals surface area (Å²) >= 11 is 0. The zero-order chi connectivity index (χ0) is 30.2. The van der Waals surface area contributed by atoms with Crippen LogP contribution in [0.25, 0.3) is 28.0 Å². The summed E-state index contributed by atoms with van der Waals surface area (Å²) in [6, 6.07) is 9.31. The Kier molecular flexibility index (Phi) is 5.88. The number of pyridine rings is 1. The van der Waals surface area contributed by atoms with E-state index in [4.69, 9.17) is 20.2 Å². The molecule has 5 aromatic rings. The Morgan fingerprint density at radius 1 is 1.02 bits per heavy atom. The lowest BCUT2D eigenvalue weighted by molar-refractivity contribution is 0.0556. The van der Waals surface area contributed by atoms with Crippen LogP contribution in [0.5, 0.6) is 11.5 Å². The molecule has 1 unspecified atom stereocenters. The van der Waals surface area contributed by atoms with Gasteiger partial charge in [0.1, 0.15) is 17.0 Å². The third-order valence-corrected chi connectivity index (χ3v) is 9.91. The van der Waals surface area contributed by atoms with Crippen LogP contribution in [0.2, 0.25) is 0 Å². The highest BCUT2D eigenvalue weighted by Crippen LogP contribution is 2.46. The molecule has 224 valence electrons. The second-order valence-corrected chi connectivity index (χ2v) is 13.3. The summed E-state index contributed by atoms with van der Waals surface area (Å²) in [5, 5.41) is 10.9. The number of hydrogen-bond acceptors (Lipinski definition) is 11. The van der Waals surface area contributed by atoms with E-state index in [9.17, 15) is 13.2 Å². The zero-order valence-electron chi connectivity index (χ0n) is 23.5. The maximum atomic E-state index is 13.2. The molecule has 2 bridgehead atoms. The number of piperidine rings is 1. The first-order valence-electron chi connectivity index (χ1n) is 14.2. The molecule has 2 saturated heterocycles. The topological polar surface area (TPSA) is 184 Å². The van der Waals surface area contributed by atoms with Crippen LogP contribution in [-0.2, 0) is 9.84 Å². The van der Waals surface area contributed by atoms with Crippen molar-refractivity contribution < 1.29 is 22.7 Å². The molecule has 0 radical (unpaired) electrons. The number of H-pyrrole nitrogens is 1. The molecular formula is C29H27N9O5S. The van der Waals surface area contributed by atoms with Crippen LogP contribution in [0.4, 0.5) is 5.82 Å². The minimum absolute atomic E-state index is 0.0104. The Labute approximate surface area is 251 Å². The summed E-state index contributed by atoms with van der Waals surface area (Å²) in [6.45, 7) is 0.195. The van der Waals surface area contributed by atoms with Crippen LogP contribution in [0.15, 0.2) is 53.9 Å². The van der Waals surface area contributed by atoms with E-state index in [-0.39, 0.29) is 47.2 Å². The summed E-state index contributed by atoms with van der Waals surface area (Å²) in [5.74, 6) is 1.16. The van der Waals surface area contributed by atoms with E-state index in [1.807, 2.05) is 35.2 Å². The molecular weight excluding hydrogens is 586 g/mol. The number of carbonyl (C=O) groups excluding carboxylic acids is 1. The summed E-state index contributed by atoms with van der Waals surface area (Å²) in [4.78, 5) is 28.7. The number of ether oxygens (including phenoxy) is 2. The molecule has 4 aromatic heterocycles. The lowest BCUT2D eigenvalue weighted by Crippen LogP contribution is -2.46. The van der Waals surface area contributed by atoms with Crippen molar-refractivity contribution in [2.75, 3.05) is 18.8 Å². The fourth-order valence-electron chi connectivity index (χ4n) is 6.82. The van der Waals surface area contributed by atoms with Gasteiger partial charge in [0.25, 0.3) is 5.91 Å². The number of hydrogen-bond donors (Lipinski definition) is 2. The molecule has 8 rings (SSSR count). The maximum Gasteiger partial charge on any atom is 0.291 e. The highest BCUT2D eigenvalue weighted by atomic mass is 32.2. The molecule has 7 heterocycles. The van der Waals surface area contributed by atoms with Crippen molar-refractivity contribution in [2.24, 2.45) is 0 Å². The van der Waals surface area contributed by atoms with E-state index >= 15 is 0 Å². The quantitative estimate of drug-likeness (QED) is 0.297. The average Bonchev–Trinajstić information content (AvgIpc) is 3.82. The second-order valence-electron chi connectivity index (χ2n) is 11.4. The van der Waals surface area contributed by atoms with Gasteiger partial charge in [-0.2, -0.15) is 14.7 Å². The number of rotatable bonds is 5. The van der Waals surface area contributed by atoms with Crippen molar-refractivity contribution in [2.45, 2.75) is 48.6 Å². The van der Waals surface area contributed by atoms with E-state index in [1.165, 1.54) is 10.8 Å². The van der Waals surface area contributed by atoms with Crippen LogP contribution in [0, 0.1) is 0 Å². The molecule has 2 fully saturated rings. The Bertz CT molecular complexity index is 2030. The van der Waals surface area contributed by atoms with Gasteiger partial charge in [-0.25, -0.2) is 18.4 Å². The monoisotopic (exact) mass is 613 g/mol. The van der Waals surface area contributed by atoms with Crippen molar-refractivity contribution in [3.8, 4) is 33.9 Å². The largest absolute Gasteiger partial charge is 0.454 e. The van der Waals surface area contributed by atoms with Gasteiger partial charge in [0, 0.05) is 47.1 Å². The standard InChI is InChI=1S/C29H27N9O5S/c1-44(40,41)25-24(17-8-18-4-5-19(9-17)37(18)29(39)27-32-13-33-36-27)35-28-20(12-34-38(28)26(25)30)16-2-6-21(31-11-16)15-3-7-22-23(10-15)43-14-42-22/h2-3,6-7,10-13,17-19H,4-5,8-9,14,30H2,1H3,(H,32,33,36)/t17?,18-,19+. The summed E-state index contributed by atoms with van der Waals surface area (Å²) < 4.78 is 38.5. The van der Waals surface area contributed by atoms with Crippen molar-refractivity contribution >= 4 is 27.2 Å². The van der Waals surface area contributed by atoms with Gasteiger partial charge in [0.05, 0.1) is 17.6 Å². The number of fused-ring (bicyclic) bond motifs is 4. The predicted molar refractivity (Wildman–Crippen MR) is 157 cm³/mol. The van der Waals surface area contributed by atoms with E-state index in [0.717, 1.165) is 35.9 Å². The number of carbonyl (C=O) groups is 1. The minimum Gasteiger partial charge on any atom is -0.454 e. The van der Waals surface area contributed by atoms with Crippen molar-refractivity contribution in [1.82, 2.24) is 39.7 Å². The number of benzene rings is 1. The van der Waals surface area contributed by atoms with Crippen LogP contribution < -0.4 is 15.2 Å². The fourth-order valence-corrected chi connectivity index (χ4v) is 7.88. The SMILES string of the molecule is CS(=O)(=O)c1c(C2C[C@H]3CC[C@@H](C2)N3C(=O)c2ncn[nH]2)nc2c(-c3ccc(-c4ccc5c(c4)OCO5)nc3)cnn2c1N. The Morgan fingerprint density at radius 2 is 1.80 bits per heavy atom. The smallest absolute Gasteiger partial charge is 0.291 e. The number of nitrogen functional groups attached to an aromatic ring is 1. The van der Waals surface area contributed by atoms with Crippen LogP contribution in [0.1, 0.15) is 47.9 Å². The van der Waals surface area contributed by atoms with E-state index in [0.29, 0.717) is 41.2 Å². The van der Waals surface area contributed by atoms with Gasteiger partial charge in [0.15, 0.2) is 27.0 Å². The summed E-state index contributed by atoms with van der Waals surface area (Å²) in [6.07, 6.45) is 8.52. The third-order valence-electron chi connectivity index (χ3n) is 8.75. The number of nitrogens with two attached hydrogens (primary N) is 1. The number of nitrogens with zero attached hydrogens (tertiary/aromatic N) is 7. The first kappa shape index (κ1) is 26.6. The average molecular weight is 614 g/mol. The van der Waals surface area contributed by atoms with Gasteiger partial charge in [0.2, 0.25) is 12.6 Å². The number of aromatic nitrogens is 7. The van der Waals surface area contributed by atoms with Crippen LogP contribution >= 0.6 is 0 Å². The number of sulfone groups is 1. The predicted octanol–water partition coefficient (Wildman–Crippen LogP) is 2.84. The van der Waals surface area contributed by atoms with Crippen molar-refractivity contribution in [3.63, 3.8) is 0 Å². The van der Waals surface area contributed by atoms with E-state index in [2.05, 4.69) is 25.3 Å². The molecule has 3 aliphatic heterocycles. The number of aromatic amines is 1. The third kappa shape index (κ3) is 4.17. The summed E-state index contributed by atoms with van der Waals surface area (Å²) in [5.41, 5.74) is 10.4. The van der Waals surface area contributed by atoms with Crippen molar-refractivity contribution in [3.05, 3.63) is 60.6 Å². The van der Waals surface area contributed by atoms with Gasteiger partial charge < -0.3 is 20.1 Å². The first-order valence-corrected chi connectivity index (χ1v) is 16.1. The van der Waals surface area contributed by atoms with Gasteiger partial charge in [-0.1, -0.05) is 6.07 Å². The van der Waals surface area contributed by atoms with Gasteiger partial charge in [-0.3, -0.25) is 14.9 Å². The van der Waals surface area contributed by atoms with Gasteiger partial charge >= 0.3 is 0 Å². The molecule has 44 heavy (non-hydrogen) atoms. The molecule has 0 aliphatic carbocycles. The van der Waals surface area contributed by atoms with Crippen molar-refractivity contribution in [1.29, 1.82) is 0 Å². The number of nitrogens with one attached hydrogen (secondary N) is 1. The van der Waals surface area contributed by atoms with Gasteiger partial charge in [-0.05, 0) is 49.9 Å². The zero-order valence-corrected chi connectivity index (χ0v) is 24.4. The lowest BCUT2D eigenvalue weighted by Gasteiger charge is -2.38. The Morgan fingerprint density at radius 3 is 2.50 bits per heavy atom. The van der Waals surface area contributed by atoms with Crippen LogP contribution in [-0.4, -0.2) is 79.1 Å². The van der Waals surface area contributed by atoms with Gasteiger partial charge in [-0.15, -0.1) is 0 Å². The molecule has 1 aromatic carbocycles. The highest BCUT2D eigenvalue weighted by molar-refractivity contribution is 7.91. The molecule has 0 saturated carbocycles. The number of anilines is 1. The first-order chi connectivity index (χ1) is 21.3. The normalized spacial score (nSPS) is 20.8. The molecule has 3 aliphatic rings. The summed E-state index contributed by atoms with van der Waals surface area (Å²) in [7, 11) is -3.76. The molecule has 0 spiro atoms. The van der Waals surface area contributed by atoms with E-state index in [1.54, 1.807) is 12.4 Å². The van der Waals surface area contributed by atoms with E-state index < -0.39 is 9.84 Å². The number of amides is 1. The lowest BCUT2D eigenvalue weighted by atomic mass is 9.87. The molecule has 3 N–H and O–H groups in total. The second kappa shape index (κ2) is 9.74.